The number of hydrogen-bond donors (Lipinski definition) is 0. The standard InChI is InChI=1S/C85H74N4OSi.Pt/c1-58-49-81(86-56-75(58)60-27-15-11-16-28-60)89-76-39-24-23-37-73(76)74-47-46-68(55-78(74)89)90-67-30-25-29-66(54-67)87-57-88(77-48-43-61(52-79(77)87)59-41-44-63(45-42-59)83(2,3)4)82-72(62-50-64(84(5,6)7)53-65(51-62)85(8,9)10)38-26-40-80(82)91(69-31-17-12-18-32-69,70-33-19-13-20-34-70)71-35-21-14-22-36-71;/h11-53,56H,1-10H3;/q-2;/i1D3,11D,12D,13D,14D,15D,16D,17D,18D,19D,20D,21D,22D,27D,28D,31D,32D,33D,34D,35D,36D;. The van der Waals surface area contributed by atoms with Crippen molar-refractivity contribution in [1.29, 1.82) is 0 Å². The summed E-state index contributed by atoms with van der Waals surface area (Å²) in [7, 11) is -5.94. The molecule has 0 radical (unpaired) electrons. The number of rotatable bonds is 12. The van der Waals surface area contributed by atoms with Crippen LogP contribution < -0.4 is 30.1 Å². The van der Waals surface area contributed by atoms with Crippen LogP contribution in [0.3, 0.4) is 0 Å². The monoisotopic (exact) mass is 1410 g/mol. The fourth-order valence-electron chi connectivity index (χ4n) is 11.9. The number of ether oxygens (including phenoxy) is 1. The smallest absolute Gasteiger partial charge is 0.268 e. The van der Waals surface area contributed by atoms with Crippen LogP contribution in [0.1, 0.15) is 116 Å². The van der Waals surface area contributed by atoms with Gasteiger partial charge in [-0.15, -0.1) is 29.7 Å². The van der Waals surface area contributed by atoms with Crippen LogP contribution in [0.15, 0.2) is 267 Å². The van der Waals surface area contributed by atoms with E-state index in [1.165, 1.54) is 18.3 Å². The number of nitrogens with zero attached hydrogens (tertiary/aromatic N) is 4. The molecule has 0 saturated carbocycles. The van der Waals surface area contributed by atoms with Crippen molar-refractivity contribution in [2.45, 2.75) is 85.4 Å². The molecule has 92 heavy (non-hydrogen) atoms. The van der Waals surface area contributed by atoms with Gasteiger partial charge in [-0.3, -0.25) is 4.57 Å². The number of hydrogen-bond acceptors (Lipinski definition) is 2. The quantitative estimate of drug-likeness (QED) is 0.0529. The predicted molar refractivity (Wildman–Crippen MR) is 381 cm³/mol. The van der Waals surface area contributed by atoms with E-state index in [1.807, 2.05) is 72.8 Å². The van der Waals surface area contributed by atoms with E-state index in [4.69, 9.17) is 24.8 Å². The summed E-state index contributed by atoms with van der Waals surface area (Å²) in [6.45, 7) is 15.7. The molecule has 5 nitrogen and oxygen atoms in total. The van der Waals surface area contributed by atoms with Crippen LogP contribution in [-0.2, 0) is 37.3 Å². The van der Waals surface area contributed by atoms with Gasteiger partial charge in [0, 0.05) is 54.0 Å². The van der Waals surface area contributed by atoms with Crippen molar-refractivity contribution >= 4 is 61.7 Å². The summed E-state index contributed by atoms with van der Waals surface area (Å²) >= 11 is 0. The van der Waals surface area contributed by atoms with Gasteiger partial charge >= 0.3 is 0 Å². The Labute approximate surface area is 589 Å². The summed E-state index contributed by atoms with van der Waals surface area (Å²) in [6.07, 6.45) is 4.84. The van der Waals surface area contributed by atoms with Gasteiger partial charge in [0.2, 0.25) is 0 Å². The summed E-state index contributed by atoms with van der Waals surface area (Å²) in [5, 5.41) is -0.800. The molecule has 0 N–H and O–H groups in total. The summed E-state index contributed by atoms with van der Waals surface area (Å²) in [5.41, 5.74) is 5.04. The zero-order valence-electron chi connectivity index (χ0n) is 74.9. The Morgan fingerprint density at radius 2 is 1.08 bits per heavy atom. The zero-order valence-corrected chi connectivity index (χ0v) is 55.1. The molecule has 0 unspecified atom stereocenters. The Morgan fingerprint density at radius 1 is 0.489 bits per heavy atom. The Balaban J connectivity index is 0.0000115. The van der Waals surface area contributed by atoms with E-state index in [1.54, 1.807) is 62.2 Å². The molecule has 14 rings (SSSR count). The van der Waals surface area contributed by atoms with Crippen molar-refractivity contribution < 1.29 is 61.9 Å². The van der Waals surface area contributed by atoms with E-state index < -0.39 is 162 Å². The molecular formula is C85H74N4OPtSi-2. The maximum atomic E-state index is 10.2. The number of aromatic nitrogens is 4. The summed E-state index contributed by atoms with van der Waals surface area (Å²) in [6, 6.07) is 31.9. The van der Waals surface area contributed by atoms with Gasteiger partial charge in [0.25, 0.3) is 6.33 Å². The molecule has 0 spiro atoms. The third-order valence-electron chi connectivity index (χ3n) is 16.7. The van der Waals surface area contributed by atoms with E-state index in [0.29, 0.717) is 44.1 Å². The Kier molecular flexibility index (Phi) is 10.5. The van der Waals surface area contributed by atoms with Gasteiger partial charge in [-0.2, -0.15) is 18.2 Å². The largest absolute Gasteiger partial charge is 0.510 e. The predicted octanol–water partition coefficient (Wildman–Crippen LogP) is 18.2. The van der Waals surface area contributed by atoms with Gasteiger partial charge in [-0.25, -0.2) is 4.98 Å². The van der Waals surface area contributed by atoms with Crippen molar-refractivity contribution in [2.75, 3.05) is 0 Å². The number of imidazole rings is 1. The first-order chi connectivity index (χ1) is 53.4. The van der Waals surface area contributed by atoms with Crippen molar-refractivity contribution in [3.8, 4) is 62.1 Å². The molecule has 11 aromatic carbocycles. The summed E-state index contributed by atoms with van der Waals surface area (Å²) < 4.78 is 226. The van der Waals surface area contributed by atoms with E-state index in [0.717, 1.165) is 27.6 Å². The van der Waals surface area contributed by atoms with Crippen LogP contribution in [-0.4, -0.2) is 22.2 Å². The number of para-hydroxylation sites is 2. The fourth-order valence-corrected chi connectivity index (χ4v) is 15.9. The molecule has 3 aromatic heterocycles. The number of aryl methyl sites for hydroxylation is 1. The first kappa shape index (κ1) is 39.7. The molecule has 3 heterocycles. The second-order valence-electron chi connectivity index (χ2n) is 25.6. The maximum absolute atomic E-state index is 10.2. The molecule has 14 aromatic rings. The minimum absolute atomic E-state index is 0. The van der Waals surface area contributed by atoms with E-state index in [2.05, 4.69) is 86.8 Å². The molecule has 0 aliphatic carbocycles. The normalized spacial score (nSPS) is 15.8. The third kappa shape index (κ3) is 11.3. The average molecular weight is 1410 g/mol. The molecule has 456 valence electrons. The summed E-state index contributed by atoms with van der Waals surface area (Å²) in [5.74, 6) is 0.357. The first-order valence-corrected chi connectivity index (χ1v) is 31.8. The van der Waals surface area contributed by atoms with E-state index >= 15 is 0 Å². The van der Waals surface area contributed by atoms with Crippen molar-refractivity contribution in [2.24, 2.45) is 0 Å². The molecule has 0 amide bonds. The second kappa shape index (κ2) is 24.3. The molecule has 0 bridgehead atoms. The van der Waals surface area contributed by atoms with Gasteiger partial charge in [-0.1, -0.05) is 280 Å². The molecule has 7 heteroatoms. The maximum Gasteiger partial charge on any atom is 0.268 e. The average Bonchev–Trinajstić information content (AvgIpc) is 1.53. The summed E-state index contributed by atoms with van der Waals surface area (Å²) in [4.78, 5) is 4.74. The molecule has 0 fully saturated rings. The molecule has 0 saturated heterocycles. The number of benzene rings is 11. The van der Waals surface area contributed by atoms with Gasteiger partial charge in [-0.05, 0) is 123 Å². The van der Waals surface area contributed by atoms with E-state index in [-0.39, 0.29) is 77.0 Å². The van der Waals surface area contributed by atoms with Crippen molar-refractivity contribution in [3.63, 3.8) is 0 Å². The molecule has 0 aliphatic heterocycles. The van der Waals surface area contributed by atoms with Crippen LogP contribution in [0.4, 0.5) is 0 Å². The Bertz CT molecular complexity index is 6100. The second-order valence-corrected chi connectivity index (χ2v) is 29.1. The van der Waals surface area contributed by atoms with Gasteiger partial charge in [0.1, 0.15) is 5.82 Å². The zero-order chi connectivity index (χ0) is 82.7. The Hall–Kier alpha value is -9.45. The van der Waals surface area contributed by atoms with E-state index in [9.17, 15) is 16.4 Å². The number of pyridine rings is 1. The molecule has 0 aliphatic rings. The van der Waals surface area contributed by atoms with Gasteiger partial charge in [0.15, 0.2) is 8.07 Å². The number of fused-ring (bicyclic) bond motifs is 4. The van der Waals surface area contributed by atoms with Crippen LogP contribution in [0.2, 0.25) is 0 Å². The fraction of sp³-hybridized carbons (Fsp3) is 0.153. The molecule has 0 atom stereocenters. The van der Waals surface area contributed by atoms with Crippen LogP contribution in [0, 0.1) is 25.3 Å². The van der Waals surface area contributed by atoms with Crippen LogP contribution in [0.25, 0.3) is 83.4 Å². The van der Waals surface area contributed by atoms with Crippen LogP contribution >= 0.6 is 0 Å². The molecular weight excluding hydrogens is 1320 g/mol. The Morgan fingerprint density at radius 3 is 1.70 bits per heavy atom. The van der Waals surface area contributed by atoms with Gasteiger partial charge in [0.05, 0.1) is 44.1 Å². The van der Waals surface area contributed by atoms with Gasteiger partial charge < -0.3 is 13.9 Å². The van der Waals surface area contributed by atoms with Crippen molar-refractivity contribution in [3.05, 3.63) is 307 Å². The SMILES string of the molecule is [2H]c1c([2H])c([2H])c(-c2cnc(-n3c4[c-]c(Oc5[c-]c(-n6[c-][n+](-c7c(-c8cc(C(C)(C)C)cc(C(C)(C)C)c8)cccc7[Si](c7c([2H])c([2H])c([2H])c([2H])c7[2H])(c7c([2H])c([2H])c([2H])c([2H])c7[2H])c7c([2H])c([2H])c([2H])c([2H])c7[2H])c7ccc(-c8ccc(C(C)(C)C)cc8)cc76)ccc5)ccc4c4ccccc43)cc2C([2H])([2H])[2H])c([2H])c1[2H].[Pt]. The topological polar surface area (TPSA) is 35.9 Å². The van der Waals surface area contributed by atoms with Crippen molar-refractivity contribution in [1.82, 2.24) is 14.1 Å². The minimum atomic E-state index is -5.94. The third-order valence-corrected chi connectivity index (χ3v) is 20.9. The first-order valence-electron chi connectivity index (χ1n) is 41.3. The van der Waals surface area contributed by atoms with Crippen LogP contribution in [0.5, 0.6) is 11.5 Å². The minimum Gasteiger partial charge on any atom is -0.510 e.